The van der Waals surface area contributed by atoms with Crippen molar-refractivity contribution in [2.75, 3.05) is 0 Å². The molecule has 1 aromatic rings. The van der Waals surface area contributed by atoms with Gasteiger partial charge in [-0.3, -0.25) is 10.1 Å². The van der Waals surface area contributed by atoms with Crippen LogP contribution in [0.3, 0.4) is 0 Å². The van der Waals surface area contributed by atoms with Crippen molar-refractivity contribution in [2.45, 2.75) is 12.8 Å². The number of pyridine rings is 1. The van der Waals surface area contributed by atoms with Crippen molar-refractivity contribution >= 4 is 5.69 Å². The number of hydrogen-bond acceptors (Lipinski definition) is 5. The van der Waals surface area contributed by atoms with E-state index in [4.69, 9.17) is 5.26 Å². The fraction of sp³-hybridized carbons (Fsp3) is 0.250. The lowest BCUT2D eigenvalue weighted by Gasteiger charge is -2.10. The number of aromatic nitrogens is 1. The number of nitriles is 1. The third kappa shape index (κ3) is 3.03. The zero-order chi connectivity index (χ0) is 13.9. The van der Waals surface area contributed by atoms with Gasteiger partial charge in [-0.1, -0.05) is 0 Å². The topological polar surface area (TPSA) is 89.0 Å². The molecule has 0 amide bonds. The molecule has 0 aliphatic carbocycles. The normalized spacial score (nSPS) is 10.8. The molecule has 0 N–H and O–H groups in total. The van der Waals surface area contributed by atoms with Crippen molar-refractivity contribution in [1.29, 1.82) is 5.26 Å². The van der Waals surface area contributed by atoms with E-state index in [1.54, 1.807) is 0 Å². The number of nitro groups is 1. The van der Waals surface area contributed by atoms with Gasteiger partial charge in [0, 0.05) is 0 Å². The van der Waals surface area contributed by atoms with Crippen LogP contribution in [0.4, 0.5) is 23.2 Å². The summed E-state index contributed by atoms with van der Waals surface area (Å²) < 4.78 is 52.4. The van der Waals surface area contributed by atoms with Gasteiger partial charge in [0.05, 0.1) is 23.6 Å². The number of nitrogens with zero attached hydrogens (tertiary/aromatic N) is 3. The lowest BCUT2D eigenvalue weighted by molar-refractivity contribution is -0.388. The minimum Gasteiger partial charge on any atom is -0.387 e. The summed E-state index contributed by atoms with van der Waals surface area (Å²) in [7, 11) is 0. The van der Waals surface area contributed by atoms with Crippen molar-refractivity contribution in [3.8, 4) is 11.9 Å². The predicted molar refractivity (Wildman–Crippen MR) is 46.8 cm³/mol. The number of ether oxygens (including phenoxy) is 1. The SMILES string of the molecule is N#CCc1c(OC(F)(F)F)ncc(F)c1[N+](=O)[O-]. The van der Waals surface area contributed by atoms with Crippen LogP contribution in [0.5, 0.6) is 5.88 Å². The van der Waals surface area contributed by atoms with Gasteiger partial charge in [-0.2, -0.15) is 9.65 Å². The summed E-state index contributed by atoms with van der Waals surface area (Å²) in [6.45, 7) is 0. The highest BCUT2D eigenvalue weighted by Gasteiger charge is 2.35. The van der Waals surface area contributed by atoms with Crippen molar-refractivity contribution < 1.29 is 27.2 Å². The Labute approximate surface area is 96.6 Å². The highest BCUT2D eigenvalue weighted by atomic mass is 19.4. The van der Waals surface area contributed by atoms with Crippen LogP contribution < -0.4 is 4.74 Å². The zero-order valence-electron chi connectivity index (χ0n) is 8.36. The molecule has 0 aliphatic rings. The van der Waals surface area contributed by atoms with Crippen LogP contribution in [-0.4, -0.2) is 16.3 Å². The largest absolute Gasteiger partial charge is 0.574 e. The fourth-order valence-corrected chi connectivity index (χ4v) is 1.13. The van der Waals surface area contributed by atoms with Gasteiger partial charge in [-0.15, -0.1) is 13.2 Å². The van der Waals surface area contributed by atoms with E-state index in [-0.39, 0.29) is 6.20 Å². The van der Waals surface area contributed by atoms with Crippen LogP contribution in [0.25, 0.3) is 0 Å². The Kier molecular flexibility index (Phi) is 3.65. The fourth-order valence-electron chi connectivity index (χ4n) is 1.13. The van der Waals surface area contributed by atoms with E-state index in [0.717, 1.165) is 0 Å². The van der Waals surface area contributed by atoms with Crippen molar-refractivity contribution in [1.82, 2.24) is 4.98 Å². The molecule has 0 fully saturated rings. The van der Waals surface area contributed by atoms with E-state index in [1.165, 1.54) is 6.07 Å². The van der Waals surface area contributed by atoms with Gasteiger partial charge in [0.25, 0.3) is 0 Å². The molecule has 1 rings (SSSR count). The van der Waals surface area contributed by atoms with Gasteiger partial charge < -0.3 is 4.74 Å². The second-order valence-electron chi connectivity index (χ2n) is 2.88. The predicted octanol–water partition coefficient (Wildman–Crippen LogP) is 2.09. The highest BCUT2D eigenvalue weighted by Crippen LogP contribution is 2.32. The Balaban J connectivity index is 3.40. The second-order valence-corrected chi connectivity index (χ2v) is 2.88. The molecule has 1 aromatic heterocycles. The first-order valence-corrected chi connectivity index (χ1v) is 4.20. The molecule has 6 nitrogen and oxygen atoms in total. The molecular weight excluding hydrogens is 262 g/mol. The van der Waals surface area contributed by atoms with Crippen LogP contribution in [-0.2, 0) is 6.42 Å². The first kappa shape index (κ1) is 13.6. The van der Waals surface area contributed by atoms with E-state index in [9.17, 15) is 27.7 Å². The van der Waals surface area contributed by atoms with Crippen LogP contribution in [0, 0.1) is 27.3 Å². The molecule has 0 spiro atoms. The molecule has 18 heavy (non-hydrogen) atoms. The van der Waals surface area contributed by atoms with Crippen molar-refractivity contribution in [3.63, 3.8) is 0 Å². The standard InChI is InChI=1S/C8H3F4N3O3/c9-5-3-14-7(18-8(10,11)12)4(1-2-13)6(5)15(16)17/h3H,1H2. The molecule has 0 aromatic carbocycles. The molecular formula is C8H3F4N3O3. The van der Waals surface area contributed by atoms with Crippen LogP contribution in [0.2, 0.25) is 0 Å². The summed E-state index contributed by atoms with van der Waals surface area (Å²) >= 11 is 0. The number of halogens is 4. The van der Waals surface area contributed by atoms with Crippen molar-refractivity contribution in [2.24, 2.45) is 0 Å². The number of alkyl halides is 3. The second kappa shape index (κ2) is 4.82. The maximum Gasteiger partial charge on any atom is 0.574 e. The Morgan fingerprint density at radius 2 is 2.17 bits per heavy atom. The van der Waals surface area contributed by atoms with Gasteiger partial charge in [0.2, 0.25) is 11.7 Å². The van der Waals surface area contributed by atoms with E-state index in [1.807, 2.05) is 0 Å². The first-order chi connectivity index (χ1) is 8.26. The Bertz CT molecular complexity index is 524. The van der Waals surface area contributed by atoms with Crippen LogP contribution in [0.15, 0.2) is 6.20 Å². The number of hydrogen-bond donors (Lipinski definition) is 0. The highest BCUT2D eigenvalue weighted by molar-refractivity contribution is 5.47. The average Bonchev–Trinajstić information content (AvgIpc) is 2.20. The summed E-state index contributed by atoms with van der Waals surface area (Å²) in [6, 6.07) is 1.37. The molecule has 0 bridgehead atoms. The third-order valence-corrected chi connectivity index (χ3v) is 1.72. The van der Waals surface area contributed by atoms with E-state index in [0.29, 0.717) is 0 Å². The van der Waals surface area contributed by atoms with Gasteiger partial charge in [0.15, 0.2) is 0 Å². The Morgan fingerprint density at radius 3 is 2.61 bits per heavy atom. The van der Waals surface area contributed by atoms with Gasteiger partial charge in [-0.25, -0.2) is 4.98 Å². The van der Waals surface area contributed by atoms with Crippen LogP contribution >= 0.6 is 0 Å². The monoisotopic (exact) mass is 265 g/mol. The maximum absolute atomic E-state index is 13.1. The van der Waals surface area contributed by atoms with Crippen LogP contribution in [0.1, 0.15) is 5.56 Å². The molecule has 96 valence electrons. The van der Waals surface area contributed by atoms with Crippen molar-refractivity contribution in [3.05, 3.63) is 27.7 Å². The summed E-state index contributed by atoms with van der Waals surface area (Å²) in [5.41, 5.74) is -2.12. The summed E-state index contributed by atoms with van der Waals surface area (Å²) in [6.07, 6.45) is -5.77. The van der Waals surface area contributed by atoms with E-state index >= 15 is 0 Å². The van der Waals surface area contributed by atoms with Gasteiger partial charge >= 0.3 is 12.0 Å². The molecule has 0 unspecified atom stereocenters. The van der Waals surface area contributed by atoms with Gasteiger partial charge in [-0.05, 0) is 0 Å². The number of rotatable bonds is 3. The van der Waals surface area contributed by atoms with E-state index < -0.39 is 40.7 Å². The minimum atomic E-state index is -5.15. The molecule has 0 atom stereocenters. The van der Waals surface area contributed by atoms with E-state index in [2.05, 4.69) is 9.72 Å². The third-order valence-electron chi connectivity index (χ3n) is 1.72. The first-order valence-electron chi connectivity index (χ1n) is 4.20. The average molecular weight is 265 g/mol. The lowest BCUT2D eigenvalue weighted by Crippen LogP contribution is -2.19. The quantitative estimate of drug-likeness (QED) is 0.474. The van der Waals surface area contributed by atoms with Gasteiger partial charge in [0.1, 0.15) is 5.56 Å². The molecule has 1 heterocycles. The summed E-state index contributed by atoms with van der Waals surface area (Å²) in [5.74, 6) is -2.66. The molecule has 0 aliphatic heterocycles. The maximum atomic E-state index is 13.1. The smallest absolute Gasteiger partial charge is 0.387 e. The molecule has 10 heteroatoms. The zero-order valence-corrected chi connectivity index (χ0v) is 8.36. The lowest BCUT2D eigenvalue weighted by atomic mass is 10.1. The molecule has 0 saturated heterocycles. The Morgan fingerprint density at radius 1 is 1.56 bits per heavy atom. The molecule has 0 saturated carbocycles. The Hall–Kier alpha value is -2.44. The summed E-state index contributed by atoms with van der Waals surface area (Å²) in [4.78, 5) is 12.2. The molecule has 0 radical (unpaired) electrons. The minimum absolute atomic E-state index is 0.222. The summed E-state index contributed by atoms with van der Waals surface area (Å²) in [5, 5.41) is 18.9.